The van der Waals surface area contributed by atoms with E-state index < -0.39 is 0 Å². The Morgan fingerprint density at radius 2 is 2.26 bits per heavy atom. The molecule has 0 saturated carbocycles. The number of aromatic nitrogens is 1. The summed E-state index contributed by atoms with van der Waals surface area (Å²) < 4.78 is 0. The molecule has 0 aliphatic carbocycles. The van der Waals surface area contributed by atoms with Crippen LogP contribution in [0.25, 0.3) is 0 Å². The van der Waals surface area contributed by atoms with E-state index in [-0.39, 0.29) is 11.9 Å². The standard InChI is InChI=1S/C13H15ClN4S/c1-8(10-4-3-7-19-10)18(2)13-11(14)9(12(15)16)5-6-17-13/h3-8H,1-2H3,(H3,15,16). The zero-order valence-electron chi connectivity index (χ0n) is 10.7. The predicted octanol–water partition coefficient (Wildman–Crippen LogP) is 3.28. The summed E-state index contributed by atoms with van der Waals surface area (Å²) in [5.41, 5.74) is 6.02. The normalized spacial score (nSPS) is 12.2. The summed E-state index contributed by atoms with van der Waals surface area (Å²) in [5.74, 6) is 0.584. The quantitative estimate of drug-likeness (QED) is 0.672. The molecule has 2 aromatic heterocycles. The molecule has 100 valence electrons. The molecule has 2 aromatic rings. The summed E-state index contributed by atoms with van der Waals surface area (Å²) in [7, 11) is 1.93. The number of halogens is 1. The van der Waals surface area contributed by atoms with Gasteiger partial charge in [-0.05, 0) is 24.4 Å². The lowest BCUT2D eigenvalue weighted by Gasteiger charge is -2.26. The third-order valence-corrected chi connectivity index (χ3v) is 4.45. The van der Waals surface area contributed by atoms with Crippen LogP contribution in [-0.4, -0.2) is 17.9 Å². The minimum absolute atomic E-state index is 0.0502. The van der Waals surface area contributed by atoms with Gasteiger partial charge >= 0.3 is 0 Å². The highest BCUT2D eigenvalue weighted by Gasteiger charge is 2.19. The highest BCUT2D eigenvalue weighted by atomic mass is 35.5. The van der Waals surface area contributed by atoms with Crippen molar-refractivity contribution in [3.05, 3.63) is 45.2 Å². The number of anilines is 1. The van der Waals surface area contributed by atoms with Crippen molar-refractivity contribution in [3.8, 4) is 0 Å². The zero-order valence-corrected chi connectivity index (χ0v) is 12.3. The average Bonchev–Trinajstić information content (AvgIpc) is 2.90. The summed E-state index contributed by atoms with van der Waals surface area (Å²) in [5, 5.41) is 9.97. The highest BCUT2D eigenvalue weighted by Crippen LogP contribution is 2.32. The van der Waals surface area contributed by atoms with Crippen LogP contribution in [0.2, 0.25) is 5.02 Å². The van der Waals surface area contributed by atoms with Gasteiger partial charge in [0, 0.05) is 23.7 Å². The monoisotopic (exact) mass is 294 g/mol. The van der Waals surface area contributed by atoms with Gasteiger partial charge in [0.05, 0.1) is 11.1 Å². The summed E-state index contributed by atoms with van der Waals surface area (Å²) in [6.07, 6.45) is 1.62. The Morgan fingerprint density at radius 3 is 2.84 bits per heavy atom. The second-order valence-corrected chi connectivity index (χ2v) is 5.57. The lowest BCUT2D eigenvalue weighted by molar-refractivity contribution is 0.742. The third-order valence-electron chi connectivity index (χ3n) is 3.03. The molecule has 6 heteroatoms. The number of amidine groups is 1. The van der Waals surface area contributed by atoms with Gasteiger partial charge in [-0.1, -0.05) is 17.7 Å². The first-order chi connectivity index (χ1) is 9.02. The molecule has 4 nitrogen and oxygen atoms in total. The van der Waals surface area contributed by atoms with E-state index in [0.717, 1.165) is 0 Å². The molecule has 0 amide bonds. The fourth-order valence-electron chi connectivity index (χ4n) is 1.79. The van der Waals surface area contributed by atoms with Gasteiger partial charge in [-0.15, -0.1) is 11.3 Å². The Balaban J connectivity index is 2.36. The van der Waals surface area contributed by atoms with Crippen molar-refractivity contribution in [2.45, 2.75) is 13.0 Å². The van der Waals surface area contributed by atoms with Crippen LogP contribution in [0.4, 0.5) is 5.82 Å². The molecule has 3 N–H and O–H groups in total. The largest absolute Gasteiger partial charge is 0.384 e. The molecule has 2 heterocycles. The maximum absolute atomic E-state index is 7.51. The Labute approximate surface area is 121 Å². The van der Waals surface area contributed by atoms with Crippen LogP contribution in [0.3, 0.4) is 0 Å². The second-order valence-electron chi connectivity index (χ2n) is 4.21. The molecule has 0 aliphatic rings. The van der Waals surface area contributed by atoms with Crippen LogP contribution in [0.5, 0.6) is 0 Å². The number of hydrogen-bond donors (Lipinski definition) is 2. The lowest BCUT2D eigenvalue weighted by atomic mass is 10.2. The molecule has 1 atom stereocenters. The Morgan fingerprint density at radius 1 is 1.53 bits per heavy atom. The highest BCUT2D eigenvalue weighted by molar-refractivity contribution is 7.10. The van der Waals surface area contributed by atoms with E-state index in [1.165, 1.54) is 4.88 Å². The minimum atomic E-state index is -0.0502. The minimum Gasteiger partial charge on any atom is -0.384 e. The maximum atomic E-state index is 7.51. The molecule has 0 spiro atoms. The topological polar surface area (TPSA) is 66.0 Å². The van der Waals surface area contributed by atoms with E-state index in [1.54, 1.807) is 23.6 Å². The summed E-state index contributed by atoms with van der Waals surface area (Å²) in [6.45, 7) is 2.09. The number of nitrogens with zero attached hydrogens (tertiary/aromatic N) is 2. The van der Waals surface area contributed by atoms with Crippen LogP contribution in [0.1, 0.15) is 23.4 Å². The van der Waals surface area contributed by atoms with E-state index in [2.05, 4.69) is 18.0 Å². The molecular formula is C13H15ClN4S. The SMILES string of the molecule is CC(c1cccs1)N(C)c1nccc(C(=N)N)c1Cl. The van der Waals surface area contributed by atoms with Gasteiger partial charge in [0.15, 0.2) is 0 Å². The maximum Gasteiger partial charge on any atom is 0.148 e. The van der Waals surface area contributed by atoms with Gasteiger partial charge in [-0.2, -0.15) is 0 Å². The van der Waals surface area contributed by atoms with E-state index in [0.29, 0.717) is 16.4 Å². The van der Waals surface area contributed by atoms with Crippen molar-refractivity contribution < 1.29 is 0 Å². The average molecular weight is 295 g/mol. The van der Waals surface area contributed by atoms with E-state index in [4.69, 9.17) is 22.7 Å². The smallest absolute Gasteiger partial charge is 0.148 e. The van der Waals surface area contributed by atoms with Crippen molar-refractivity contribution >= 4 is 34.6 Å². The van der Waals surface area contributed by atoms with Crippen LogP contribution < -0.4 is 10.6 Å². The number of nitrogens with two attached hydrogens (primary N) is 1. The molecule has 19 heavy (non-hydrogen) atoms. The van der Waals surface area contributed by atoms with Gasteiger partial charge in [-0.25, -0.2) is 4.98 Å². The number of thiophene rings is 1. The van der Waals surface area contributed by atoms with Crippen LogP contribution in [0, 0.1) is 5.41 Å². The molecule has 0 bridgehead atoms. The first-order valence-corrected chi connectivity index (χ1v) is 7.03. The van der Waals surface area contributed by atoms with Gasteiger partial charge in [0.1, 0.15) is 11.7 Å². The fourth-order valence-corrected chi connectivity index (χ4v) is 2.96. The molecule has 0 saturated heterocycles. The second kappa shape index (κ2) is 5.59. The Kier molecular flexibility index (Phi) is 4.07. The Hall–Kier alpha value is -1.59. The van der Waals surface area contributed by atoms with Crippen LogP contribution in [0.15, 0.2) is 29.8 Å². The molecular weight excluding hydrogens is 280 g/mol. The number of nitrogen functional groups attached to an aromatic ring is 1. The molecule has 0 radical (unpaired) electrons. The van der Waals surface area contributed by atoms with Crippen molar-refractivity contribution in [1.82, 2.24) is 4.98 Å². The lowest BCUT2D eigenvalue weighted by Crippen LogP contribution is -2.23. The van der Waals surface area contributed by atoms with Crippen molar-refractivity contribution in [3.63, 3.8) is 0 Å². The Bertz CT molecular complexity index is 582. The van der Waals surface area contributed by atoms with Crippen molar-refractivity contribution in [2.24, 2.45) is 5.73 Å². The summed E-state index contributed by atoms with van der Waals surface area (Å²) in [4.78, 5) is 7.52. The van der Waals surface area contributed by atoms with E-state index >= 15 is 0 Å². The van der Waals surface area contributed by atoms with Crippen molar-refractivity contribution in [1.29, 1.82) is 5.41 Å². The van der Waals surface area contributed by atoms with Crippen LogP contribution in [-0.2, 0) is 0 Å². The van der Waals surface area contributed by atoms with Gasteiger partial charge in [-0.3, -0.25) is 5.41 Å². The van der Waals surface area contributed by atoms with Gasteiger partial charge in [0.2, 0.25) is 0 Å². The van der Waals surface area contributed by atoms with Crippen LogP contribution >= 0.6 is 22.9 Å². The fraction of sp³-hybridized carbons (Fsp3) is 0.231. The number of rotatable bonds is 4. The molecule has 1 unspecified atom stereocenters. The first kappa shape index (κ1) is 13.8. The number of nitrogens with one attached hydrogen (secondary N) is 1. The molecule has 0 aromatic carbocycles. The first-order valence-electron chi connectivity index (χ1n) is 5.77. The third kappa shape index (κ3) is 2.72. The zero-order chi connectivity index (χ0) is 14.0. The summed E-state index contributed by atoms with van der Waals surface area (Å²) in [6, 6.07) is 5.91. The summed E-state index contributed by atoms with van der Waals surface area (Å²) >= 11 is 7.97. The molecule has 0 fully saturated rings. The van der Waals surface area contributed by atoms with Gasteiger partial charge in [0.25, 0.3) is 0 Å². The molecule has 2 rings (SSSR count). The van der Waals surface area contributed by atoms with E-state index in [9.17, 15) is 0 Å². The van der Waals surface area contributed by atoms with Crippen molar-refractivity contribution in [2.75, 3.05) is 11.9 Å². The van der Waals surface area contributed by atoms with Gasteiger partial charge < -0.3 is 10.6 Å². The molecule has 0 aliphatic heterocycles. The predicted molar refractivity (Wildman–Crippen MR) is 81.4 cm³/mol. The van der Waals surface area contributed by atoms with E-state index in [1.807, 2.05) is 23.4 Å². The number of hydrogen-bond acceptors (Lipinski definition) is 4. The number of pyridine rings is 1.